The molecule has 138 valence electrons. The van der Waals surface area contributed by atoms with E-state index in [1.807, 2.05) is 12.1 Å². The topological polar surface area (TPSA) is 67.3 Å². The Hall–Kier alpha value is -2.63. The maximum Gasteiger partial charge on any atom is 0.317 e. The first-order chi connectivity index (χ1) is 12.6. The van der Waals surface area contributed by atoms with Crippen LogP contribution in [0, 0.1) is 0 Å². The van der Waals surface area contributed by atoms with Gasteiger partial charge < -0.3 is 15.0 Å². The Morgan fingerprint density at radius 2 is 1.96 bits per heavy atom. The van der Waals surface area contributed by atoms with Crippen LogP contribution in [0.1, 0.15) is 36.9 Å². The maximum atomic E-state index is 12.5. The molecule has 0 bridgehead atoms. The number of amides is 2. The minimum Gasteiger partial charge on any atom is -0.497 e. The number of carbonyl (C=O) groups is 1. The molecule has 0 radical (unpaired) electrons. The van der Waals surface area contributed by atoms with Gasteiger partial charge in [-0.15, -0.1) is 0 Å². The third-order valence-corrected chi connectivity index (χ3v) is 5.20. The summed E-state index contributed by atoms with van der Waals surface area (Å²) in [6.07, 6.45) is 9.51. The van der Waals surface area contributed by atoms with E-state index in [-0.39, 0.29) is 11.4 Å². The molecule has 0 aliphatic heterocycles. The van der Waals surface area contributed by atoms with Crippen LogP contribution in [0.3, 0.4) is 0 Å². The quantitative estimate of drug-likeness (QED) is 0.865. The predicted molar refractivity (Wildman–Crippen MR) is 100 cm³/mol. The van der Waals surface area contributed by atoms with Gasteiger partial charge in [0, 0.05) is 31.4 Å². The Balaban J connectivity index is 1.63. The average molecular weight is 354 g/mol. The number of hydrogen-bond donors (Lipinski definition) is 1. The molecule has 6 heteroatoms. The van der Waals surface area contributed by atoms with E-state index in [1.165, 1.54) is 18.4 Å². The Bertz CT molecular complexity index is 712. The maximum absolute atomic E-state index is 12.5. The third-order valence-electron chi connectivity index (χ3n) is 5.20. The zero-order chi connectivity index (χ0) is 18.4. The standard InChI is InChI=1S/C20H26N4O2/c1-24(14-17-13-21-11-12-22-17)19(25)23-15-20(9-3-4-10-20)16-5-7-18(26-2)8-6-16/h5-8,11-13H,3-4,9-10,14-15H2,1-2H3,(H,23,25). The van der Waals surface area contributed by atoms with Crippen LogP contribution < -0.4 is 10.1 Å². The number of carbonyl (C=O) groups excluding carboxylic acids is 1. The van der Waals surface area contributed by atoms with Gasteiger partial charge in [-0.3, -0.25) is 9.97 Å². The lowest BCUT2D eigenvalue weighted by molar-refractivity contribution is 0.202. The summed E-state index contributed by atoms with van der Waals surface area (Å²) >= 11 is 0. The molecule has 26 heavy (non-hydrogen) atoms. The Kier molecular flexibility index (Phi) is 5.71. The van der Waals surface area contributed by atoms with Gasteiger partial charge in [-0.1, -0.05) is 25.0 Å². The molecule has 1 aliphatic rings. The normalized spacial score (nSPS) is 15.5. The van der Waals surface area contributed by atoms with Crippen LogP contribution in [0.15, 0.2) is 42.9 Å². The lowest BCUT2D eigenvalue weighted by atomic mass is 9.79. The number of aromatic nitrogens is 2. The van der Waals surface area contributed by atoms with Crippen LogP contribution in [-0.4, -0.2) is 41.6 Å². The van der Waals surface area contributed by atoms with Crippen LogP contribution in [0.4, 0.5) is 4.79 Å². The Morgan fingerprint density at radius 1 is 1.23 bits per heavy atom. The molecule has 1 fully saturated rings. The van der Waals surface area contributed by atoms with E-state index >= 15 is 0 Å². The highest BCUT2D eigenvalue weighted by molar-refractivity contribution is 5.74. The molecule has 0 spiro atoms. The number of nitrogens with one attached hydrogen (secondary N) is 1. The molecule has 1 aromatic heterocycles. The summed E-state index contributed by atoms with van der Waals surface area (Å²) in [6, 6.07) is 8.16. The molecule has 1 aromatic carbocycles. The first kappa shape index (κ1) is 18.2. The van der Waals surface area contributed by atoms with Gasteiger partial charge in [-0.25, -0.2) is 4.79 Å². The van der Waals surface area contributed by atoms with Gasteiger partial charge in [0.25, 0.3) is 0 Å². The molecule has 2 aromatic rings. The van der Waals surface area contributed by atoms with Gasteiger partial charge in [0.1, 0.15) is 5.75 Å². The van der Waals surface area contributed by atoms with E-state index in [2.05, 4.69) is 27.4 Å². The van der Waals surface area contributed by atoms with Crippen molar-refractivity contribution in [1.29, 1.82) is 0 Å². The highest BCUT2D eigenvalue weighted by atomic mass is 16.5. The van der Waals surface area contributed by atoms with Crippen molar-refractivity contribution < 1.29 is 9.53 Å². The first-order valence-electron chi connectivity index (χ1n) is 9.01. The van der Waals surface area contributed by atoms with Crippen molar-refractivity contribution in [2.24, 2.45) is 0 Å². The zero-order valence-electron chi connectivity index (χ0n) is 15.4. The molecule has 1 N–H and O–H groups in total. The molecule has 1 saturated carbocycles. The van der Waals surface area contributed by atoms with E-state index in [9.17, 15) is 4.79 Å². The summed E-state index contributed by atoms with van der Waals surface area (Å²) in [5, 5.41) is 3.12. The molecular weight excluding hydrogens is 328 g/mol. The van der Waals surface area contributed by atoms with E-state index in [0.29, 0.717) is 13.1 Å². The van der Waals surface area contributed by atoms with Crippen LogP contribution in [0.25, 0.3) is 0 Å². The largest absolute Gasteiger partial charge is 0.497 e. The average Bonchev–Trinajstić information content (AvgIpc) is 3.17. The Labute approximate surface area is 154 Å². The number of rotatable bonds is 6. The van der Waals surface area contributed by atoms with E-state index in [0.717, 1.165) is 24.3 Å². The molecule has 0 unspecified atom stereocenters. The fourth-order valence-corrected chi connectivity index (χ4v) is 3.67. The van der Waals surface area contributed by atoms with E-state index in [4.69, 9.17) is 4.74 Å². The SMILES string of the molecule is COc1ccc(C2(CNC(=O)N(C)Cc3cnccn3)CCCC2)cc1. The fourth-order valence-electron chi connectivity index (χ4n) is 3.67. The summed E-state index contributed by atoms with van der Waals surface area (Å²) in [7, 11) is 3.45. The number of benzene rings is 1. The van der Waals surface area contributed by atoms with Crippen LogP contribution in [-0.2, 0) is 12.0 Å². The Morgan fingerprint density at radius 3 is 2.58 bits per heavy atom. The van der Waals surface area contributed by atoms with Crippen molar-refractivity contribution in [2.45, 2.75) is 37.6 Å². The molecular formula is C20H26N4O2. The van der Waals surface area contributed by atoms with Gasteiger partial charge in [0.05, 0.1) is 25.5 Å². The van der Waals surface area contributed by atoms with Crippen molar-refractivity contribution in [2.75, 3.05) is 20.7 Å². The molecule has 0 atom stereocenters. The van der Waals surface area contributed by atoms with Gasteiger partial charge in [0.15, 0.2) is 0 Å². The minimum atomic E-state index is -0.0876. The molecule has 6 nitrogen and oxygen atoms in total. The van der Waals surface area contributed by atoms with Crippen molar-refractivity contribution in [3.63, 3.8) is 0 Å². The fraction of sp³-hybridized carbons (Fsp3) is 0.450. The second kappa shape index (κ2) is 8.17. The predicted octanol–water partition coefficient (Wildman–Crippen LogP) is 3.14. The summed E-state index contributed by atoms with van der Waals surface area (Å²) in [5.41, 5.74) is 2.05. The zero-order valence-corrected chi connectivity index (χ0v) is 15.4. The minimum absolute atomic E-state index is 0.00925. The van der Waals surface area contributed by atoms with Crippen LogP contribution in [0.2, 0.25) is 0 Å². The van der Waals surface area contributed by atoms with Crippen LogP contribution >= 0.6 is 0 Å². The van der Waals surface area contributed by atoms with Gasteiger partial charge in [-0.05, 0) is 30.5 Å². The van der Waals surface area contributed by atoms with Crippen LogP contribution in [0.5, 0.6) is 5.75 Å². The third kappa shape index (κ3) is 4.12. The van der Waals surface area contributed by atoms with Crippen molar-refractivity contribution in [3.8, 4) is 5.75 Å². The van der Waals surface area contributed by atoms with Crippen molar-refractivity contribution >= 4 is 6.03 Å². The number of methoxy groups -OCH3 is 1. The van der Waals surface area contributed by atoms with Crippen molar-refractivity contribution in [3.05, 3.63) is 54.1 Å². The van der Waals surface area contributed by atoms with E-state index < -0.39 is 0 Å². The lowest BCUT2D eigenvalue weighted by Crippen LogP contribution is -2.44. The summed E-state index contributed by atoms with van der Waals surface area (Å²) in [5.74, 6) is 0.856. The highest BCUT2D eigenvalue weighted by Gasteiger charge is 2.36. The van der Waals surface area contributed by atoms with Crippen molar-refractivity contribution in [1.82, 2.24) is 20.2 Å². The van der Waals surface area contributed by atoms with Gasteiger partial charge in [0.2, 0.25) is 0 Å². The number of urea groups is 1. The monoisotopic (exact) mass is 354 g/mol. The molecule has 2 amide bonds. The summed E-state index contributed by atoms with van der Waals surface area (Å²) in [4.78, 5) is 22.4. The molecule has 1 heterocycles. The molecule has 0 saturated heterocycles. The number of hydrogen-bond acceptors (Lipinski definition) is 4. The van der Waals surface area contributed by atoms with E-state index in [1.54, 1.807) is 37.6 Å². The molecule has 1 aliphatic carbocycles. The van der Waals surface area contributed by atoms with Gasteiger partial charge >= 0.3 is 6.03 Å². The molecule has 3 rings (SSSR count). The smallest absolute Gasteiger partial charge is 0.317 e. The second-order valence-corrected chi connectivity index (χ2v) is 6.93. The highest BCUT2D eigenvalue weighted by Crippen LogP contribution is 2.41. The lowest BCUT2D eigenvalue weighted by Gasteiger charge is -2.31. The number of ether oxygens (including phenoxy) is 1. The second-order valence-electron chi connectivity index (χ2n) is 6.93. The first-order valence-corrected chi connectivity index (χ1v) is 9.01. The summed E-state index contributed by atoms with van der Waals surface area (Å²) < 4.78 is 5.26. The number of nitrogens with zero attached hydrogens (tertiary/aromatic N) is 3. The summed E-state index contributed by atoms with van der Waals surface area (Å²) in [6.45, 7) is 1.08. The van der Waals surface area contributed by atoms with Gasteiger partial charge in [-0.2, -0.15) is 0 Å².